The van der Waals surface area contributed by atoms with Crippen molar-refractivity contribution < 1.29 is 4.39 Å². The lowest BCUT2D eigenvalue weighted by Gasteiger charge is -2.22. The van der Waals surface area contributed by atoms with Gasteiger partial charge in [0.25, 0.3) is 0 Å². The van der Waals surface area contributed by atoms with Gasteiger partial charge in [0.2, 0.25) is 0 Å². The maximum absolute atomic E-state index is 13.3. The van der Waals surface area contributed by atoms with E-state index in [4.69, 9.17) is 5.26 Å². The van der Waals surface area contributed by atoms with Crippen LogP contribution in [0.25, 0.3) is 0 Å². The fraction of sp³-hybridized carbons (Fsp3) is 0.364. The van der Waals surface area contributed by atoms with E-state index >= 15 is 0 Å². The topological polar surface area (TPSA) is 27.0 Å². The van der Waals surface area contributed by atoms with Gasteiger partial charge in [-0.15, -0.1) is 0 Å². The third kappa shape index (κ3) is 2.46. The van der Waals surface area contributed by atoms with E-state index in [9.17, 15) is 4.39 Å². The standard InChI is InChI=1S/C11H13FN2/c1-2-14(9-5-8-13)11-7-4-3-6-10(11)12/h3-4,6-7H,2,5,9H2,1H3. The Bertz CT molecular complexity index is 330. The van der Waals surface area contributed by atoms with Crippen LogP contribution in [-0.4, -0.2) is 13.1 Å². The minimum atomic E-state index is -0.229. The van der Waals surface area contributed by atoms with Gasteiger partial charge in [0.1, 0.15) is 5.82 Å². The zero-order valence-electron chi connectivity index (χ0n) is 8.20. The summed E-state index contributed by atoms with van der Waals surface area (Å²) in [4.78, 5) is 1.86. The van der Waals surface area contributed by atoms with Gasteiger partial charge >= 0.3 is 0 Å². The maximum atomic E-state index is 13.3. The lowest BCUT2D eigenvalue weighted by molar-refractivity contribution is 0.618. The molecule has 0 aromatic heterocycles. The first-order valence-corrected chi connectivity index (χ1v) is 4.66. The summed E-state index contributed by atoms with van der Waals surface area (Å²) in [7, 11) is 0. The molecule has 0 atom stereocenters. The second-order valence-corrected chi connectivity index (χ2v) is 2.94. The van der Waals surface area contributed by atoms with Crippen LogP contribution in [-0.2, 0) is 0 Å². The van der Waals surface area contributed by atoms with Crippen LogP contribution in [0.2, 0.25) is 0 Å². The Morgan fingerprint density at radius 3 is 2.71 bits per heavy atom. The Kier molecular flexibility index (Phi) is 3.93. The van der Waals surface area contributed by atoms with Crippen LogP contribution in [0.3, 0.4) is 0 Å². The van der Waals surface area contributed by atoms with Crippen molar-refractivity contribution in [3.63, 3.8) is 0 Å². The zero-order valence-corrected chi connectivity index (χ0v) is 8.20. The van der Waals surface area contributed by atoms with Crippen molar-refractivity contribution in [2.45, 2.75) is 13.3 Å². The van der Waals surface area contributed by atoms with Crippen molar-refractivity contribution in [1.29, 1.82) is 5.26 Å². The molecule has 0 amide bonds. The number of nitriles is 1. The highest BCUT2D eigenvalue weighted by Crippen LogP contribution is 2.18. The second-order valence-electron chi connectivity index (χ2n) is 2.94. The molecule has 0 aliphatic rings. The highest BCUT2D eigenvalue weighted by Gasteiger charge is 2.07. The van der Waals surface area contributed by atoms with Crippen molar-refractivity contribution in [3.05, 3.63) is 30.1 Å². The molecule has 1 rings (SSSR count). The van der Waals surface area contributed by atoms with Gasteiger partial charge in [-0.3, -0.25) is 0 Å². The predicted octanol–water partition coefficient (Wildman–Crippen LogP) is 2.57. The molecule has 0 spiro atoms. The fourth-order valence-corrected chi connectivity index (χ4v) is 1.34. The largest absolute Gasteiger partial charge is 0.368 e. The van der Waals surface area contributed by atoms with Crippen molar-refractivity contribution in [2.24, 2.45) is 0 Å². The summed E-state index contributed by atoms with van der Waals surface area (Å²) in [5.74, 6) is -0.229. The van der Waals surface area contributed by atoms with Gasteiger partial charge < -0.3 is 4.90 Å². The average Bonchev–Trinajstić information content (AvgIpc) is 2.21. The van der Waals surface area contributed by atoms with Crippen LogP contribution in [0.1, 0.15) is 13.3 Å². The van der Waals surface area contributed by atoms with Crippen LogP contribution in [0, 0.1) is 17.1 Å². The van der Waals surface area contributed by atoms with E-state index in [1.807, 2.05) is 11.8 Å². The first-order valence-electron chi connectivity index (χ1n) is 4.66. The van der Waals surface area contributed by atoms with Gasteiger partial charge in [-0.1, -0.05) is 12.1 Å². The number of nitrogens with zero attached hydrogens (tertiary/aromatic N) is 2. The summed E-state index contributed by atoms with van der Waals surface area (Å²) in [6.07, 6.45) is 0.419. The number of rotatable bonds is 4. The first kappa shape index (κ1) is 10.5. The van der Waals surface area contributed by atoms with Crippen LogP contribution in [0.15, 0.2) is 24.3 Å². The Morgan fingerprint density at radius 1 is 1.43 bits per heavy atom. The molecule has 0 unspecified atom stereocenters. The molecule has 2 nitrogen and oxygen atoms in total. The van der Waals surface area contributed by atoms with Crippen molar-refractivity contribution in [1.82, 2.24) is 0 Å². The van der Waals surface area contributed by atoms with E-state index in [-0.39, 0.29) is 5.82 Å². The molecule has 3 heteroatoms. The highest BCUT2D eigenvalue weighted by molar-refractivity contribution is 5.47. The van der Waals surface area contributed by atoms with E-state index in [0.717, 1.165) is 0 Å². The van der Waals surface area contributed by atoms with Gasteiger partial charge in [-0.2, -0.15) is 5.26 Å². The Hall–Kier alpha value is -1.56. The Morgan fingerprint density at radius 2 is 2.14 bits per heavy atom. The van der Waals surface area contributed by atoms with E-state index in [2.05, 4.69) is 6.07 Å². The van der Waals surface area contributed by atoms with Gasteiger partial charge in [-0.05, 0) is 19.1 Å². The molecule has 14 heavy (non-hydrogen) atoms. The lowest BCUT2D eigenvalue weighted by atomic mass is 10.2. The number of para-hydroxylation sites is 1. The number of benzene rings is 1. The molecule has 74 valence electrons. The van der Waals surface area contributed by atoms with E-state index in [1.165, 1.54) is 6.07 Å². The van der Waals surface area contributed by atoms with E-state index < -0.39 is 0 Å². The van der Waals surface area contributed by atoms with Gasteiger partial charge in [-0.25, -0.2) is 4.39 Å². The summed E-state index contributed by atoms with van der Waals surface area (Å²) in [5.41, 5.74) is 0.574. The molecular formula is C11H13FN2. The Balaban J connectivity index is 2.79. The van der Waals surface area contributed by atoms with Gasteiger partial charge in [0.05, 0.1) is 18.2 Å². The van der Waals surface area contributed by atoms with Crippen molar-refractivity contribution in [2.75, 3.05) is 18.0 Å². The van der Waals surface area contributed by atoms with Crippen molar-refractivity contribution in [3.8, 4) is 6.07 Å². The molecule has 0 aliphatic carbocycles. The molecule has 1 aromatic rings. The first-order chi connectivity index (χ1) is 6.79. The molecule has 0 saturated carbocycles. The number of hydrogen-bond acceptors (Lipinski definition) is 2. The predicted molar refractivity (Wildman–Crippen MR) is 54.5 cm³/mol. The average molecular weight is 192 g/mol. The third-order valence-corrected chi connectivity index (χ3v) is 2.07. The third-order valence-electron chi connectivity index (χ3n) is 2.07. The molecule has 0 fully saturated rings. The van der Waals surface area contributed by atoms with Crippen LogP contribution in [0.5, 0.6) is 0 Å². The van der Waals surface area contributed by atoms with Gasteiger partial charge in [0.15, 0.2) is 0 Å². The molecule has 0 bridgehead atoms. The molecule has 0 radical (unpaired) electrons. The monoisotopic (exact) mass is 192 g/mol. The fourth-order valence-electron chi connectivity index (χ4n) is 1.34. The summed E-state index contributed by atoms with van der Waals surface area (Å²) < 4.78 is 13.3. The highest BCUT2D eigenvalue weighted by atomic mass is 19.1. The molecule has 1 aromatic carbocycles. The zero-order chi connectivity index (χ0) is 10.4. The van der Waals surface area contributed by atoms with Crippen LogP contribution < -0.4 is 4.90 Å². The lowest BCUT2D eigenvalue weighted by Crippen LogP contribution is -2.24. The summed E-state index contributed by atoms with van der Waals surface area (Å²) >= 11 is 0. The number of halogens is 1. The number of anilines is 1. The number of hydrogen-bond donors (Lipinski definition) is 0. The van der Waals surface area contributed by atoms with Crippen molar-refractivity contribution >= 4 is 5.69 Å². The SMILES string of the molecule is CCN(CCC#N)c1ccccc1F. The smallest absolute Gasteiger partial charge is 0.146 e. The maximum Gasteiger partial charge on any atom is 0.146 e. The molecule has 0 saturated heterocycles. The van der Waals surface area contributed by atoms with Crippen LogP contribution in [0.4, 0.5) is 10.1 Å². The minimum Gasteiger partial charge on any atom is -0.368 e. The summed E-state index contributed by atoms with van der Waals surface area (Å²) in [5, 5.41) is 8.46. The molecule has 0 N–H and O–H groups in total. The molecule has 0 heterocycles. The summed E-state index contributed by atoms with van der Waals surface area (Å²) in [6, 6.07) is 8.69. The van der Waals surface area contributed by atoms with Gasteiger partial charge in [0, 0.05) is 13.1 Å². The second kappa shape index (κ2) is 5.23. The minimum absolute atomic E-state index is 0.229. The molecular weight excluding hydrogens is 179 g/mol. The quantitative estimate of drug-likeness (QED) is 0.733. The van der Waals surface area contributed by atoms with E-state index in [0.29, 0.717) is 25.2 Å². The van der Waals surface area contributed by atoms with Crippen LogP contribution >= 0.6 is 0 Å². The normalized spacial score (nSPS) is 9.50. The summed E-state index contributed by atoms with van der Waals surface area (Å²) in [6.45, 7) is 3.24. The Labute approximate surface area is 83.6 Å². The molecule has 0 aliphatic heterocycles. The van der Waals surface area contributed by atoms with E-state index in [1.54, 1.807) is 18.2 Å².